The summed E-state index contributed by atoms with van der Waals surface area (Å²) in [4.78, 5) is 32.1. The molecule has 0 radical (unpaired) electrons. The van der Waals surface area contributed by atoms with E-state index in [0.29, 0.717) is 11.0 Å². The number of benzene rings is 3. The van der Waals surface area contributed by atoms with Crippen molar-refractivity contribution in [2.45, 2.75) is 5.72 Å². The number of carbonyl (C=O) groups excluding carboxylic acids is 1. The van der Waals surface area contributed by atoms with Crippen LogP contribution in [-0.2, 0) is 5.72 Å². The Bertz CT molecular complexity index is 1480. The summed E-state index contributed by atoms with van der Waals surface area (Å²) >= 11 is 12.0. The van der Waals surface area contributed by atoms with E-state index in [0.717, 1.165) is 11.0 Å². The molecule has 1 atom stereocenters. The number of carbonyl (C=O) groups is 2. The van der Waals surface area contributed by atoms with Crippen molar-refractivity contribution < 1.29 is 24.2 Å². The van der Waals surface area contributed by atoms with E-state index < -0.39 is 23.5 Å². The van der Waals surface area contributed by atoms with Crippen molar-refractivity contribution in [3.63, 3.8) is 0 Å². The van der Waals surface area contributed by atoms with Crippen LogP contribution in [0.3, 0.4) is 0 Å². The van der Waals surface area contributed by atoms with Crippen LogP contribution < -0.4 is 10.2 Å². The van der Waals surface area contributed by atoms with Crippen molar-refractivity contribution in [1.29, 1.82) is 0 Å². The first-order valence-electron chi connectivity index (χ1n) is 9.51. The zero-order valence-corrected chi connectivity index (χ0v) is 19.2. The van der Waals surface area contributed by atoms with Gasteiger partial charge < -0.3 is 15.2 Å². The van der Waals surface area contributed by atoms with Crippen molar-refractivity contribution in [3.8, 4) is 0 Å². The Hall–Kier alpha value is -3.37. The highest BCUT2D eigenvalue weighted by atomic mass is 35.5. The fourth-order valence-corrected chi connectivity index (χ4v) is 4.31. The second kappa shape index (κ2) is 8.44. The van der Waals surface area contributed by atoms with Gasteiger partial charge in [0.1, 0.15) is 5.82 Å². The zero-order valence-electron chi connectivity index (χ0n) is 16.8. The molecular weight excluding hydrogens is 510 g/mol. The molecule has 2 amide bonds. The normalized spacial score (nSPS) is 16.9. The van der Waals surface area contributed by atoms with Gasteiger partial charge in [0.25, 0.3) is 5.91 Å². The number of nitrogens with one attached hydrogen (secondary N) is 2. The van der Waals surface area contributed by atoms with Gasteiger partial charge in [-0.25, -0.2) is 14.2 Å². The quantitative estimate of drug-likeness (QED) is 0.269. The number of nitrogens with zero attached hydrogens (tertiary/aromatic N) is 2. The maximum Gasteiger partial charge on any atom is 0.411 e. The lowest BCUT2D eigenvalue weighted by atomic mass is 9.93. The van der Waals surface area contributed by atoms with E-state index in [4.69, 9.17) is 28.3 Å². The number of carboxylic acid groups (broad SMARTS) is 1. The van der Waals surface area contributed by atoms with Crippen molar-refractivity contribution in [1.82, 2.24) is 9.97 Å². The molecule has 0 spiro atoms. The molecule has 0 aliphatic carbocycles. The first-order chi connectivity index (χ1) is 15.7. The van der Waals surface area contributed by atoms with E-state index in [1.165, 1.54) is 24.3 Å². The summed E-state index contributed by atoms with van der Waals surface area (Å²) in [6.45, 7) is 0. The third-order valence-electron chi connectivity index (χ3n) is 5.40. The van der Waals surface area contributed by atoms with Crippen LogP contribution in [0.15, 0.2) is 54.6 Å². The van der Waals surface area contributed by atoms with Crippen LogP contribution in [0.5, 0.6) is 0 Å². The van der Waals surface area contributed by atoms with Crippen LogP contribution in [0.25, 0.3) is 11.0 Å². The lowest BCUT2D eigenvalue weighted by Crippen LogP contribution is -2.45. The van der Waals surface area contributed by atoms with E-state index in [2.05, 4.69) is 15.3 Å². The lowest BCUT2D eigenvalue weighted by molar-refractivity contribution is 0.0699. The maximum absolute atomic E-state index is 15.0. The molecule has 1 unspecified atom stereocenters. The molecule has 4 N–H and O–H groups in total. The van der Waals surface area contributed by atoms with Crippen LogP contribution in [0.2, 0.25) is 10.0 Å². The minimum absolute atomic E-state index is 0. The number of imidazole rings is 1. The molecule has 0 fully saturated rings. The van der Waals surface area contributed by atoms with Gasteiger partial charge in [0.15, 0.2) is 5.72 Å². The standard InChI is InChI=1S/C22H13Cl2FN4O4.ClH/c23-13-8-15(25)18(9-14(13)24)29-19(30)11-3-1-2-4-12(11)22(29,33)10-5-6-16-17(7-10)27-20(26-16)28-21(31)32;/h1-9,33H,(H,31,32)(H2,26,27,28);1H. The third kappa shape index (κ3) is 3.54. The van der Waals surface area contributed by atoms with E-state index in [-0.39, 0.29) is 50.8 Å². The van der Waals surface area contributed by atoms with Gasteiger partial charge in [0.2, 0.25) is 5.95 Å². The second-order valence-electron chi connectivity index (χ2n) is 7.32. The van der Waals surface area contributed by atoms with E-state index >= 15 is 0 Å². The lowest BCUT2D eigenvalue weighted by Gasteiger charge is -2.35. The molecule has 0 bridgehead atoms. The SMILES string of the molecule is Cl.O=C(O)Nc1nc2ccc(C3(O)c4ccccc4C(=O)N3c3cc(Cl)c(Cl)cc3F)cc2[nH]1. The van der Waals surface area contributed by atoms with Gasteiger partial charge in [-0.15, -0.1) is 12.4 Å². The van der Waals surface area contributed by atoms with Crippen molar-refractivity contribution in [2.75, 3.05) is 10.2 Å². The predicted octanol–water partition coefficient (Wildman–Crippen LogP) is 5.37. The van der Waals surface area contributed by atoms with Crippen molar-refractivity contribution >= 4 is 70.3 Å². The summed E-state index contributed by atoms with van der Waals surface area (Å²) in [5, 5.41) is 23.0. The van der Waals surface area contributed by atoms with Crippen molar-refractivity contribution in [2.24, 2.45) is 0 Å². The smallest absolute Gasteiger partial charge is 0.411 e. The molecule has 2 heterocycles. The number of aliphatic hydroxyl groups is 1. The Morgan fingerprint density at radius 1 is 1.12 bits per heavy atom. The first kappa shape index (κ1) is 23.8. The fraction of sp³-hybridized carbons (Fsp3) is 0.0455. The van der Waals surface area contributed by atoms with Gasteiger partial charge in [-0.05, 0) is 30.3 Å². The van der Waals surface area contributed by atoms with Crippen molar-refractivity contribution in [3.05, 3.63) is 87.2 Å². The Morgan fingerprint density at radius 2 is 1.82 bits per heavy atom. The summed E-state index contributed by atoms with van der Waals surface area (Å²) in [6.07, 6.45) is -1.30. The van der Waals surface area contributed by atoms with Crippen LogP contribution in [0.4, 0.5) is 20.8 Å². The minimum Gasteiger partial charge on any atom is -0.465 e. The Kier molecular flexibility index (Phi) is 5.91. The zero-order chi connectivity index (χ0) is 23.5. The van der Waals surface area contributed by atoms with Gasteiger partial charge >= 0.3 is 6.09 Å². The topological polar surface area (TPSA) is 119 Å². The van der Waals surface area contributed by atoms with Gasteiger partial charge in [-0.3, -0.25) is 15.0 Å². The number of H-pyrrole nitrogens is 1. The fourth-order valence-electron chi connectivity index (χ4n) is 4.00. The Labute approximate surface area is 207 Å². The number of anilines is 2. The number of rotatable bonds is 3. The number of aromatic amines is 1. The van der Waals surface area contributed by atoms with E-state index in [9.17, 15) is 19.1 Å². The molecule has 8 nitrogen and oxygen atoms in total. The van der Waals surface area contributed by atoms with Gasteiger partial charge in [-0.1, -0.05) is 47.5 Å². The highest BCUT2D eigenvalue weighted by Crippen LogP contribution is 2.47. The molecule has 1 aromatic heterocycles. The first-order valence-corrected chi connectivity index (χ1v) is 10.3. The summed E-state index contributed by atoms with van der Waals surface area (Å²) in [6, 6.07) is 13.1. The number of hydrogen-bond acceptors (Lipinski definition) is 4. The van der Waals surface area contributed by atoms with Gasteiger partial charge in [-0.2, -0.15) is 0 Å². The van der Waals surface area contributed by atoms with E-state index in [1.807, 2.05) is 0 Å². The number of hydrogen-bond donors (Lipinski definition) is 4. The third-order valence-corrected chi connectivity index (χ3v) is 6.12. The molecule has 1 aliphatic heterocycles. The molecule has 3 aromatic carbocycles. The molecule has 5 rings (SSSR count). The molecular formula is C22H14Cl3FN4O4. The largest absolute Gasteiger partial charge is 0.465 e. The summed E-state index contributed by atoms with van der Waals surface area (Å²) in [5.74, 6) is -1.50. The molecule has 174 valence electrons. The molecule has 34 heavy (non-hydrogen) atoms. The summed E-state index contributed by atoms with van der Waals surface area (Å²) in [7, 11) is 0. The van der Waals surface area contributed by atoms with Crippen LogP contribution >= 0.6 is 35.6 Å². The molecule has 4 aromatic rings. The van der Waals surface area contributed by atoms with Crippen LogP contribution in [0.1, 0.15) is 21.5 Å². The highest BCUT2D eigenvalue weighted by molar-refractivity contribution is 6.42. The molecule has 0 saturated heterocycles. The molecule has 12 heteroatoms. The second-order valence-corrected chi connectivity index (χ2v) is 8.14. The number of aromatic nitrogens is 2. The van der Waals surface area contributed by atoms with Crippen LogP contribution in [0, 0.1) is 5.82 Å². The molecule has 1 aliphatic rings. The minimum atomic E-state index is -2.11. The highest BCUT2D eigenvalue weighted by Gasteiger charge is 2.51. The maximum atomic E-state index is 15.0. The Balaban J connectivity index is 0.00000274. The average Bonchev–Trinajstić information content (AvgIpc) is 3.27. The predicted molar refractivity (Wildman–Crippen MR) is 128 cm³/mol. The monoisotopic (exact) mass is 522 g/mol. The van der Waals surface area contributed by atoms with E-state index in [1.54, 1.807) is 24.3 Å². The number of halogens is 4. The molecule has 0 saturated carbocycles. The van der Waals surface area contributed by atoms with Crippen LogP contribution in [-0.4, -0.2) is 32.2 Å². The summed E-state index contributed by atoms with van der Waals surface area (Å²) < 4.78 is 15.0. The Morgan fingerprint density at radius 3 is 2.56 bits per heavy atom. The van der Waals surface area contributed by atoms with Gasteiger partial charge in [0.05, 0.1) is 26.8 Å². The average molecular weight is 524 g/mol. The summed E-state index contributed by atoms with van der Waals surface area (Å²) in [5.41, 5.74) is -0.931. The number of amides is 2. The number of fused-ring (bicyclic) bond motifs is 2. The van der Waals surface area contributed by atoms with Gasteiger partial charge in [0, 0.05) is 16.7 Å².